The van der Waals surface area contributed by atoms with E-state index in [0.717, 1.165) is 17.4 Å². The van der Waals surface area contributed by atoms with Crippen molar-refractivity contribution in [3.05, 3.63) is 88.7 Å². The van der Waals surface area contributed by atoms with E-state index in [9.17, 15) is 4.79 Å². The van der Waals surface area contributed by atoms with Gasteiger partial charge in [-0.25, -0.2) is 4.98 Å². The van der Waals surface area contributed by atoms with E-state index in [1.54, 1.807) is 24.5 Å². The van der Waals surface area contributed by atoms with Crippen LogP contribution < -0.4 is 4.74 Å². The van der Waals surface area contributed by atoms with E-state index in [1.807, 2.05) is 54.0 Å². The molecule has 0 aliphatic rings. The first kappa shape index (κ1) is 24.2. The molecule has 0 saturated heterocycles. The molecule has 0 radical (unpaired) electrons. The molecule has 0 amide bonds. The maximum atomic E-state index is 13.6. The van der Waals surface area contributed by atoms with Gasteiger partial charge >= 0.3 is 0 Å². The topological polar surface area (TPSA) is 53.4 Å². The molecule has 2 aromatic heterocycles. The fourth-order valence-corrected chi connectivity index (χ4v) is 4.71. The molecule has 0 fully saturated rings. The number of para-hydroxylation sites is 1. The summed E-state index contributed by atoms with van der Waals surface area (Å²) in [5, 5.41) is 1.14. The molecule has 0 unspecified atom stereocenters. The van der Waals surface area contributed by atoms with Crippen LogP contribution in [0.3, 0.4) is 0 Å². The van der Waals surface area contributed by atoms with Crippen LogP contribution in [0.5, 0.6) is 11.5 Å². The minimum atomic E-state index is -1.19. The van der Waals surface area contributed by atoms with Gasteiger partial charge in [0.25, 0.3) is 0 Å². The lowest BCUT2D eigenvalue weighted by atomic mass is 9.99. The van der Waals surface area contributed by atoms with Gasteiger partial charge in [-0.3, -0.25) is 4.79 Å². The van der Waals surface area contributed by atoms with Gasteiger partial charge in [0.05, 0.1) is 10.6 Å². The fraction of sp³-hybridized carbons (Fsp3) is 0.259. The third-order valence-electron chi connectivity index (χ3n) is 5.60. The number of halogens is 1. The summed E-state index contributed by atoms with van der Waals surface area (Å²) >= 11 is 6.52. The number of ketones is 1. The molecule has 4 aromatic rings. The van der Waals surface area contributed by atoms with Crippen LogP contribution in [0.15, 0.2) is 67.0 Å². The number of carbonyl (C=O) groups excluding carboxylic acids is 1. The normalized spacial score (nSPS) is 11.7. The van der Waals surface area contributed by atoms with Crippen LogP contribution in [-0.4, -0.2) is 30.0 Å². The molecule has 2 heterocycles. The maximum Gasteiger partial charge on any atom is 0.195 e. The van der Waals surface area contributed by atoms with E-state index in [0.29, 0.717) is 46.3 Å². The molecule has 176 valence electrons. The highest BCUT2D eigenvalue weighted by Gasteiger charge is 2.22. The molecule has 34 heavy (non-hydrogen) atoms. The minimum Gasteiger partial charge on any atom is -0.457 e. The number of aryl methyl sites for hydroxylation is 1. The van der Waals surface area contributed by atoms with Gasteiger partial charge in [0.15, 0.2) is 5.78 Å². The van der Waals surface area contributed by atoms with Gasteiger partial charge in [0.2, 0.25) is 0 Å². The summed E-state index contributed by atoms with van der Waals surface area (Å²) in [5.74, 6) is 1.32. The summed E-state index contributed by atoms with van der Waals surface area (Å²) in [6.07, 6.45) is 3.45. The first-order valence-electron chi connectivity index (χ1n) is 11.3. The summed E-state index contributed by atoms with van der Waals surface area (Å²) in [7, 11) is -1.19. The molecule has 2 aromatic carbocycles. The Morgan fingerprint density at radius 1 is 1.03 bits per heavy atom. The molecular weight excluding hydrogens is 464 g/mol. The second kappa shape index (κ2) is 10.1. The Morgan fingerprint density at radius 3 is 2.50 bits per heavy atom. The lowest BCUT2D eigenvalue weighted by molar-refractivity contribution is 0.0896. The number of nitrogens with zero attached hydrogens (tertiary/aromatic N) is 2. The van der Waals surface area contributed by atoms with Crippen molar-refractivity contribution in [1.29, 1.82) is 0 Å². The lowest BCUT2D eigenvalue weighted by Crippen LogP contribution is -2.22. The molecular formula is C27H29ClN2O3Si. The molecule has 0 aliphatic heterocycles. The van der Waals surface area contributed by atoms with Crippen LogP contribution in [0.4, 0.5) is 0 Å². The number of pyridine rings is 1. The van der Waals surface area contributed by atoms with Gasteiger partial charge in [-0.15, -0.1) is 0 Å². The number of aromatic nitrogens is 2. The van der Waals surface area contributed by atoms with Crippen molar-refractivity contribution in [2.24, 2.45) is 0 Å². The number of carbonyl (C=O) groups is 1. The highest BCUT2D eigenvalue weighted by molar-refractivity contribution is 6.76. The molecule has 4 rings (SSSR count). The molecule has 0 bridgehead atoms. The van der Waals surface area contributed by atoms with Gasteiger partial charge in [0, 0.05) is 38.0 Å². The van der Waals surface area contributed by atoms with E-state index in [4.69, 9.17) is 21.1 Å². The summed E-state index contributed by atoms with van der Waals surface area (Å²) in [6, 6.07) is 17.8. The predicted octanol–water partition coefficient (Wildman–Crippen LogP) is 7.33. The monoisotopic (exact) mass is 492 g/mol. The van der Waals surface area contributed by atoms with Crippen LogP contribution in [0.1, 0.15) is 21.5 Å². The van der Waals surface area contributed by atoms with Gasteiger partial charge < -0.3 is 14.0 Å². The number of ether oxygens (including phenoxy) is 2. The first-order valence-corrected chi connectivity index (χ1v) is 15.4. The van der Waals surface area contributed by atoms with Crippen LogP contribution in [-0.2, 0) is 11.5 Å². The highest BCUT2D eigenvalue weighted by atomic mass is 35.5. The summed E-state index contributed by atoms with van der Waals surface area (Å²) < 4.78 is 13.7. The lowest BCUT2D eigenvalue weighted by Gasteiger charge is -2.15. The highest BCUT2D eigenvalue weighted by Crippen LogP contribution is 2.31. The summed E-state index contributed by atoms with van der Waals surface area (Å²) in [6.45, 7) is 9.86. The minimum absolute atomic E-state index is 0.107. The van der Waals surface area contributed by atoms with E-state index in [1.165, 1.54) is 0 Å². The van der Waals surface area contributed by atoms with Crippen LogP contribution in [0, 0.1) is 6.92 Å². The SMILES string of the molecule is Cc1cc(Oc2ccccc2)ccc1C(=O)c1cn(COCC[Si](C)(C)C)c2nccc(Cl)c12. The molecule has 0 atom stereocenters. The van der Waals surface area contributed by atoms with Crippen LogP contribution >= 0.6 is 11.6 Å². The smallest absolute Gasteiger partial charge is 0.195 e. The van der Waals surface area contributed by atoms with E-state index >= 15 is 0 Å². The fourth-order valence-electron chi connectivity index (χ4n) is 3.71. The average Bonchev–Trinajstić information content (AvgIpc) is 3.16. The second-order valence-electron chi connectivity index (χ2n) is 9.57. The Hall–Kier alpha value is -2.93. The summed E-state index contributed by atoms with van der Waals surface area (Å²) in [5.41, 5.74) is 2.58. The van der Waals surface area contributed by atoms with E-state index in [-0.39, 0.29) is 5.78 Å². The number of hydrogen-bond donors (Lipinski definition) is 0. The van der Waals surface area contributed by atoms with Crippen molar-refractivity contribution in [2.75, 3.05) is 6.61 Å². The molecule has 5 nitrogen and oxygen atoms in total. The summed E-state index contributed by atoms with van der Waals surface area (Å²) in [4.78, 5) is 18.1. The molecule has 0 spiro atoms. The number of benzene rings is 2. The van der Waals surface area contributed by atoms with Crippen molar-refractivity contribution < 1.29 is 14.3 Å². The van der Waals surface area contributed by atoms with Gasteiger partial charge in [0.1, 0.15) is 23.9 Å². The molecule has 7 heteroatoms. The Kier molecular flexibility index (Phi) is 7.21. The number of fused-ring (bicyclic) bond motifs is 1. The number of rotatable bonds is 9. The maximum absolute atomic E-state index is 13.6. The zero-order valence-electron chi connectivity index (χ0n) is 20.0. The van der Waals surface area contributed by atoms with Crippen molar-refractivity contribution in [2.45, 2.75) is 39.3 Å². The van der Waals surface area contributed by atoms with Gasteiger partial charge in [-0.05, 0) is 54.9 Å². The number of hydrogen-bond acceptors (Lipinski definition) is 4. The first-order chi connectivity index (χ1) is 16.2. The standard InChI is InChI=1S/C27H29ClN2O3Si/c1-19-16-21(33-20-8-6-5-7-9-20)10-11-22(19)26(31)23-17-30(18-32-14-15-34(2,3)4)27-25(23)24(28)12-13-29-27/h5-13,16-17H,14-15,18H2,1-4H3. The average molecular weight is 493 g/mol. The molecule has 0 N–H and O–H groups in total. The van der Waals surface area contributed by atoms with Crippen molar-refractivity contribution in [3.63, 3.8) is 0 Å². The zero-order valence-corrected chi connectivity index (χ0v) is 21.7. The van der Waals surface area contributed by atoms with Crippen molar-refractivity contribution in [1.82, 2.24) is 9.55 Å². The molecule has 0 aliphatic carbocycles. The van der Waals surface area contributed by atoms with Crippen molar-refractivity contribution in [3.8, 4) is 11.5 Å². The Balaban J connectivity index is 1.61. The van der Waals surface area contributed by atoms with Gasteiger partial charge in [-0.1, -0.05) is 49.4 Å². The van der Waals surface area contributed by atoms with Crippen LogP contribution in [0.25, 0.3) is 11.0 Å². The van der Waals surface area contributed by atoms with Gasteiger partial charge in [-0.2, -0.15) is 0 Å². The quantitative estimate of drug-likeness (QED) is 0.139. The Bertz CT molecular complexity index is 1310. The second-order valence-corrected chi connectivity index (χ2v) is 15.6. The Labute approximate surface area is 206 Å². The molecule has 0 saturated carbocycles. The Morgan fingerprint density at radius 2 is 1.79 bits per heavy atom. The third-order valence-corrected chi connectivity index (χ3v) is 7.62. The van der Waals surface area contributed by atoms with Crippen LogP contribution in [0.2, 0.25) is 30.7 Å². The van der Waals surface area contributed by atoms with E-state index in [2.05, 4.69) is 24.6 Å². The van der Waals surface area contributed by atoms with Crippen molar-refractivity contribution >= 4 is 36.5 Å². The predicted molar refractivity (Wildman–Crippen MR) is 140 cm³/mol. The zero-order chi connectivity index (χ0) is 24.3. The van der Waals surface area contributed by atoms with E-state index < -0.39 is 8.07 Å². The third kappa shape index (κ3) is 5.58. The largest absolute Gasteiger partial charge is 0.457 e.